The lowest BCUT2D eigenvalue weighted by Gasteiger charge is -2.11. The fourth-order valence-corrected chi connectivity index (χ4v) is 0.648. The molecule has 0 aromatic rings. The highest BCUT2D eigenvalue weighted by atomic mass is 16.5. The minimum absolute atomic E-state index is 0.176. The van der Waals surface area contributed by atoms with Gasteiger partial charge < -0.3 is 14.6 Å². The van der Waals surface area contributed by atoms with Gasteiger partial charge in [-0.3, -0.25) is 0 Å². The quantitative estimate of drug-likeness (QED) is 0.589. The average molecular weight is 244 g/mol. The molecule has 1 unspecified atom stereocenters. The van der Waals surface area contributed by atoms with Gasteiger partial charge in [-0.25, -0.2) is 9.59 Å². The molecule has 0 saturated heterocycles. The van der Waals surface area contributed by atoms with Gasteiger partial charge >= 0.3 is 11.9 Å². The third kappa shape index (κ3) is 9.32. The Balaban J connectivity index is 0. The largest absolute Gasteiger partial charge is 0.478 e. The van der Waals surface area contributed by atoms with Crippen LogP contribution in [0.15, 0.2) is 24.3 Å². The van der Waals surface area contributed by atoms with Gasteiger partial charge in [-0.05, 0) is 20.8 Å². The second-order valence-electron chi connectivity index (χ2n) is 3.20. The molecule has 0 aliphatic heterocycles. The van der Waals surface area contributed by atoms with Gasteiger partial charge in [-0.15, -0.1) is 0 Å². The van der Waals surface area contributed by atoms with E-state index in [1.165, 1.54) is 14.0 Å². The molecular weight excluding hydrogens is 224 g/mol. The number of carbonyl (C=O) groups is 2. The Kier molecular flexibility index (Phi) is 10.0. The predicted octanol–water partition coefficient (Wildman–Crippen LogP) is 1.79. The first-order valence-corrected chi connectivity index (χ1v) is 5.05. The van der Waals surface area contributed by atoms with Crippen molar-refractivity contribution in [3.63, 3.8) is 0 Å². The van der Waals surface area contributed by atoms with Gasteiger partial charge in [-0.2, -0.15) is 0 Å². The van der Waals surface area contributed by atoms with E-state index in [9.17, 15) is 9.59 Å². The smallest absolute Gasteiger partial charge is 0.335 e. The van der Waals surface area contributed by atoms with Gasteiger partial charge in [0.25, 0.3) is 0 Å². The summed E-state index contributed by atoms with van der Waals surface area (Å²) < 4.78 is 9.59. The number of carbonyl (C=O) groups excluding carboxylic acids is 1. The molecule has 0 aliphatic rings. The van der Waals surface area contributed by atoms with Crippen LogP contribution in [0, 0.1) is 0 Å². The van der Waals surface area contributed by atoms with Crippen LogP contribution in [0.1, 0.15) is 20.8 Å². The van der Waals surface area contributed by atoms with Crippen LogP contribution < -0.4 is 0 Å². The van der Waals surface area contributed by atoms with E-state index >= 15 is 0 Å². The average Bonchev–Trinajstić information content (AvgIpc) is 2.27. The van der Waals surface area contributed by atoms with E-state index in [4.69, 9.17) is 9.84 Å². The second kappa shape index (κ2) is 9.59. The lowest BCUT2D eigenvalue weighted by Crippen LogP contribution is -2.18. The van der Waals surface area contributed by atoms with E-state index in [1.54, 1.807) is 6.92 Å². The molecule has 0 aliphatic carbocycles. The molecule has 0 fully saturated rings. The van der Waals surface area contributed by atoms with Gasteiger partial charge in [-0.1, -0.05) is 13.2 Å². The zero-order valence-corrected chi connectivity index (χ0v) is 10.8. The highest BCUT2D eigenvalue weighted by molar-refractivity contribution is 5.88. The van der Waals surface area contributed by atoms with Crippen LogP contribution in [0.3, 0.4) is 0 Å². The molecule has 0 bridgehead atoms. The van der Waals surface area contributed by atoms with Crippen molar-refractivity contribution < 1.29 is 24.2 Å². The fourth-order valence-electron chi connectivity index (χ4n) is 0.648. The van der Waals surface area contributed by atoms with Crippen molar-refractivity contribution in [1.29, 1.82) is 0 Å². The number of esters is 1. The molecular formula is C12H20O5. The summed E-state index contributed by atoms with van der Waals surface area (Å²) in [4.78, 5) is 20.4. The first kappa shape index (κ1) is 17.8. The van der Waals surface area contributed by atoms with Crippen LogP contribution in [0.5, 0.6) is 0 Å². The number of carboxylic acids is 1. The number of aliphatic carboxylic acids is 1. The second-order valence-corrected chi connectivity index (χ2v) is 3.20. The molecule has 5 heteroatoms. The lowest BCUT2D eigenvalue weighted by atomic mass is 10.2. The Bertz CT molecular complexity index is 281. The van der Waals surface area contributed by atoms with Crippen molar-refractivity contribution in [2.75, 3.05) is 13.7 Å². The summed E-state index contributed by atoms with van der Waals surface area (Å²) in [6, 6.07) is 0. The summed E-state index contributed by atoms with van der Waals surface area (Å²) in [6.07, 6.45) is -0.257. The van der Waals surface area contributed by atoms with E-state index in [0.717, 1.165) is 0 Å². The van der Waals surface area contributed by atoms with E-state index in [-0.39, 0.29) is 11.7 Å². The van der Waals surface area contributed by atoms with Crippen LogP contribution in [0.4, 0.5) is 0 Å². The summed E-state index contributed by atoms with van der Waals surface area (Å²) in [7, 11) is 1.33. The number of hydrogen-bond donors (Lipinski definition) is 1. The molecule has 1 atom stereocenters. The van der Waals surface area contributed by atoms with Crippen LogP contribution >= 0.6 is 0 Å². The zero-order chi connectivity index (χ0) is 14.0. The minimum atomic E-state index is -0.935. The molecule has 98 valence electrons. The van der Waals surface area contributed by atoms with Crippen molar-refractivity contribution in [1.82, 2.24) is 0 Å². The van der Waals surface area contributed by atoms with Crippen LogP contribution in [-0.4, -0.2) is 36.9 Å². The molecule has 0 aromatic heterocycles. The number of carboxylic acid groups (broad SMARTS) is 1. The standard InChI is InChI=1S/C8H14O3.C4H6O2/c1-5-11-7(3)6(2)8(9)10-4;1-3(2)4(5)6/h7H,2,5H2,1,3-4H3;1H2,2H3,(H,5,6). The fraction of sp³-hybridized carbons (Fsp3) is 0.500. The molecule has 0 rings (SSSR count). The van der Waals surface area contributed by atoms with E-state index in [2.05, 4.69) is 17.9 Å². The van der Waals surface area contributed by atoms with Crippen LogP contribution in [0.25, 0.3) is 0 Å². The Hall–Kier alpha value is -1.62. The van der Waals surface area contributed by atoms with Crippen molar-refractivity contribution in [3.8, 4) is 0 Å². The van der Waals surface area contributed by atoms with Crippen molar-refractivity contribution in [2.24, 2.45) is 0 Å². The molecule has 17 heavy (non-hydrogen) atoms. The molecule has 1 N–H and O–H groups in total. The summed E-state index contributed by atoms with van der Waals surface area (Å²) in [5.41, 5.74) is 0.532. The molecule has 0 saturated carbocycles. The summed E-state index contributed by atoms with van der Waals surface area (Å²) in [6.45, 7) is 12.3. The molecule has 5 nitrogen and oxygen atoms in total. The van der Waals surface area contributed by atoms with Crippen LogP contribution in [-0.2, 0) is 19.1 Å². The molecule has 0 spiro atoms. The summed E-state index contributed by atoms with van der Waals surface area (Å²) in [5.74, 6) is -1.35. The Morgan fingerprint density at radius 2 is 1.76 bits per heavy atom. The van der Waals surface area contributed by atoms with Gasteiger partial charge in [0.2, 0.25) is 0 Å². The van der Waals surface area contributed by atoms with Crippen molar-refractivity contribution in [3.05, 3.63) is 24.3 Å². The number of methoxy groups -OCH3 is 1. The Morgan fingerprint density at radius 3 is 2.00 bits per heavy atom. The highest BCUT2D eigenvalue weighted by Gasteiger charge is 2.14. The number of rotatable bonds is 5. The Morgan fingerprint density at radius 1 is 1.35 bits per heavy atom. The first-order chi connectivity index (χ1) is 7.77. The molecule has 0 aromatic carbocycles. The maximum absolute atomic E-state index is 10.8. The maximum Gasteiger partial charge on any atom is 0.335 e. The maximum atomic E-state index is 10.8. The zero-order valence-electron chi connectivity index (χ0n) is 10.8. The monoisotopic (exact) mass is 244 g/mol. The lowest BCUT2D eigenvalue weighted by molar-refractivity contribution is -0.137. The van der Waals surface area contributed by atoms with Crippen LogP contribution in [0.2, 0.25) is 0 Å². The van der Waals surface area contributed by atoms with Gasteiger partial charge in [0.05, 0.1) is 18.8 Å². The van der Waals surface area contributed by atoms with Crippen molar-refractivity contribution >= 4 is 11.9 Å². The predicted molar refractivity (Wildman–Crippen MR) is 64.7 cm³/mol. The van der Waals surface area contributed by atoms with Gasteiger partial charge in [0, 0.05) is 12.2 Å². The first-order valence-electron chi connectivity index (χ1n) is 5.05. The SMILES string of the molecule is C=C(C(=O)OC)C(C)OCC.C=C(C)C(=O)O. The molecule has 0 heterocycles. The van der Waals surface area contributed by atoms with Gasteiger partial charge in [0.15, 0.2) is 0 Å². The highest BCUT2D eigenvalue weighted by Crippen LogP contribution is 2.04. The summed E-state index contributed by atoms with van der Waals surface area (Å²) >= 11 is 0. The normalized spacial score (nSPS) is 10.6. The number of hydrogen-bond acceptors (Lipinski definition) is 4. The summed E-state index contributed by atoms with van der Waals surface area (Å²) in [5, 5.41) is 7.89. The van der Waals surface area contributed by atoms with E-state index < -0.39 is 11.9 Å². The number of ether oxygens (including phenoxy) is 2. The van der Waals surface area contributed by atoms with Gasteiger partial charge in [0.1, 0.15) is 0 Å². The molecule has 0 radical (unpaired) electrons. The van der Waals surface area contributed by atoms with E-state index in [1.807, 2.05) is 6.92 Å². The topological polar surface area (TPSA) is 72.8 Å². The third-order valence-corrected chi connectivity index (χ3v) is 1.72. The third-order valence-electron chi connectivity index (χ3n) is 1.72. The minimum Gasteiger partial charge on any atom is -0.478 e. The van der Waals surface area contributed by atoms with E-state index in [0.29, 0.717) is 12.2 Å². The molecule has 0 amide bonds. The Labute approximate surface area is 102 Å². The van der Waals surface area contributed by atoms with Crippen molar-refractivity contribution in [2.45, 2.75) is 26.9 Å².